The second-order valence-electron chi connectivity index (χ2n) is 11.7. The van der Waals surface area contributed by atoms with Crippen molar-refractivity contribution in [3.63, 3.8) is 0 Å². The van der Waals surface area contributed by atoms with Crippen LogP contribution in [0.2, 0.25) is 0 Å². The zero-order valence-electron chi connectivity index (χ0n) is 25.1. The summed E-state index contributed by atoms with van der Waals surface area (Å²) in [6, 6.07) is 17.2. The molecule has 0 saturated carbocycles. The average molecular weight is 552 g/mol. The predicted molar refractivity (Wildman–Crippen MR) is 173 cm³/mol. The molecule has 4 nitrogen and oxygen atoms in total. The van der Waals surface area contributed by atoms with Crippen molar-refractivity contribution in [3.8, 4) is 0 Å². The highest BCUT2D eigenvalue weighted by Gasteiger charge is 2.17. The largest absolute Gasteiger partial charge is 0.369 e. The van der Waals surface area contributed by atoms with Gasteiger partial charge in [-0.25, -0.2) is 0 Å². The molecule has 1 heterocycles. The molecule has 0 radical (unpaired) electrons. The van der Waals surface area contributed by atoms with Crippen LogP contribution < -0.4 is 10.2 Å². The Hall–Kier alpha value is -1.98. The van der Waals surface area contributed by atoms with Gasteiger partial charge in [-0.15, -0.1) is 0 Å². The Morgan fingerprint density at radius 2 is 1.31 bits per heavy atom. The quantitative estimate of drug-likeness (QED) is 0.200. The van der Waals surface area contributed by atoms with Crippen LogP contribution in [0.1, 0.15) is 102 Å². The van der Waals surface area contributed by atoms with Crippen molar-refractivity contribution >= 4 is 29.0 Å². The number of piperazine rings is 1. The maximum absolute atomic E-state index is 12.7. The number of rotatable bonds is 17. The molecule has 3 rings (SSSR count). The monoisotopic (exact) mass is 551 g/mol. The fraction of sp³-hybridized carbons (Fsp3) is 0.618. The molecule has 0 unspecified atom stereocenters. The van der Waals surface area contributed by atoms with Crippen molar-refractivity contribution in [3.05, 3.63) is 59.7 Å². The first kappa shape index (κ1) is 31.5. The number of hydrogen-bond acceptors (Lipinski definition) is 4. The Labute approximate surface area is 243 Å². The van der Waals surface area contributed by atoms with Gasteiger partial charge in [0.1, 0.15) is 0 Å². The fourth-order valence-corrected chi connectivity index (χ4v) is 6.31. The third-order valence-corrected chi connectivity index (χ3v) is 8.92. The van der Waals surface area contributed by atoms with Crippen molar-refractivity contribution in [2.24, 2.45) is 0 Å². The van der Waals surface area contributed by atoms with Crippen LogP contribution in [0.25, 0.3) is 0 Å². The fourth-order valence-electron chi connectivity index (χ4n) is 5.50. The molecule has 0 spiro atoms. The number of benzene rings is 2. The van der Waals surface area contributed by atoms with Crippen molar-refractivity contribution in [2.45, 2.75) is 90.9 Å². The average Bonchev–Trinajstić information content (AvgIpc) is 2.94. The summed E-state index contributed by atoms with van der Waals surface area (Å²) >= 11 is 1.78. The van der Waals surface area contributed by atoms with Gasteiger partial charge in [0.05, 0.1) is 5.75 Å². The lowest BCUT2D eigenvalue weighted by molar-refractivity contribution is -0.113. The summed E-state index contributed by atoms with van der Waals surface area (Å²) in [5, 5.41) is 3.24. The van der Waals surface area contributed by atoms with Gasteiger partial charge in [-0.1, -0.05) is 103 Å². The Bertz CT molecular complexity index is 928. The second-order valence-corrected chi connectivity index (χ2v) is 12.8. The Kier molecular flexibility index (Phi) is 14.3. The summed E-state index contributed by atoms with van der Waals surface area (Å²) in [4.78, 5) is 17.8. The Balaban J connectivity index is 1.15. The molecule has 1 saturated heterocycles. The van der Waals surface area contributed by atoms with E-state index >= 15 is 0 Å². The molecule has 1 aliphatic rings. The Morgan fingerprint density at radius 1 is 0.744 bits per heavy atom. The first-order valence-electron chi connectivity index (χ1n) is 15.5. The maximum atomic E-state index is 12.7. The smallest absolute Gasteiger partial charge is 0.234 e. The summed E-state index contributed by atoms with van der Waals surface area (Å²) in [6.45, 7) is 14.7. The van der Waals surface area contributed by atoms with Gasteiger partial charge in [0, 0.05) is 37.6 Å². The zero-order valence-corrected chi connectivity index (χ0v) is 25.9. The first-order valence-corrected chi connectivity index (χ1v) is 16.6. The highest BCUT2D eigenvalue weighted by molar-refractivity contribution is 7.99. The second kappa shape index (κ2) is 17.7. The van der Waals surface area contributed by atoms with Crippen molar-refractivity contribution in [1.82, 2.24) is 4.90 Å². The van der Waals surface area contributed by atoms with Gasteiger partial charge in [-0.05, 0) is 60.2 Å². The van der Waals surface area contributed by atoms with E-state index in [0.29, 0.717) is 17.6 Å². The summed E-state index contributed by atoms with van der Waals surface area (Å²) < 4.78 is 0. The van der Waals surface area contributed by atoms with Gasteiger partial charge in [-0.2, -0.15) is 11.8 Å². The molecule has 2 aromatic carbocycles. The molecular formula is C34H53N3OS. The molecule has 39 heavy (non-hydrogen) atoms. The number of amides is 1. The van der Waals surface area contributed by atoms with Crippen molar-refractivity contribution in [2.75, 3.05) is 54.4 Å². The number of hydrogen-bond donors (Lipinski definition) is 1. The molecular weight excluding hydrogens is 498 g/mol. The van der Waals surface area contributed by atoms with Crippen LogP contribution in [0, 0.1) is 0 Å². The third-order valence-electron chi connectivity index (χ3n) is 7.88. The predicted octanol–water partition coefficient (Wildman–Crippen LogP) is 8.55. The molecule has 1 aliphatic heterocycles. The molecule has 216 valence electrons. The SMILES string of the molecule is CC(C)c1cccc(C(C)C)c1NC(=O)CSCCCCCCCCCCN1CCN(c2ccccc2)CC1. The summed E-state index contributed by atoms with van der Waals surface area (Å²) in [6.07, 6.45) is 10.6. The Morgan fingerprint density at radius 3 is 1.90 bits per heavy atom. The van der Waals surface area contributed by atoms with Gasteiger partial charge < -0.3 is 10.2 Å². The minimum atomic E-state index is 0.132. The third kappa shape index (κ3) is 11.2. The highest BCUT2D eigenvalue weighted by atomic mass is 32.2. The maximum Gasteiger partial charge on any atom is 0.234 e. The number of thioether (sulfide) groups is 1. The molecule has 5 heteroatoms. The molecule has 2 aromatic rings. The lowest BCUT2D eigenvalue weighted by atomic mass is 9.92. The van der Waals surface area contributed by atoms with Gasteiger partial charge in [0.2, 0.25) is 5.91 Å². The first-order chi connectivity index (χ1) is 19.0. The molecule has 0 atom stereocenters. The summed E-state index contributed by atoms with van der Waals surface area (Å²) in [5.74, 6) is 2.55. The van der Waals surface area contributed by atoms with E-state index < -0.39 is 0 Å². The van der Waals surface area contributed by atoms with Gasteiger partial charge in [0.25, 0.3) is 0 Å². The molecule has 0 aromatic heterocycles. The number of anilines is 2. The molecule has 1 fully saturated rings. The van der Waals surface area contributed by atoms with Crippen LogP contribution >= 0.6 is 11.8 Å². The zero-order chi connectivity index (χ0) is 27.9. The molecule has 1 N–H and O–H groups in total. The minimum Gasteiger partial charge on any atom is -0.369 e. The molecule has 0 bridgehead atoms. The van der Waals surface area contributed by atoms with Crippen LogP contribution in [-0.4, -0.2) is 55.0 Å². The summed E-state index contributed by atoms with van der Waals surface area (Å²) in [7, 11) is 0. The van der Waals surface area contributed by atoms with Crippen LogP contribution in [0.4, 0.5) is 11.4 Å². The lowest BCUT2D eigenvalue weighted by Gasteiger charge is -2.36. The molecule has 0 aliphatic carbocycles. The molecule has 1 amide bonds. The van der Waals surface area contributed by atoms with Crippen molar-refractivity contribution in [1.29, 1.82) is 0 Å². The van der Waals surface area contributed by atoms with Crippen molar-refractivity contribution < 1.29 is 4.79 Å². The van der Waals surface area contributed by atoms with E-state index in [4.69, 9.17) is 0 Å². The van der Waals surface area contributed by atoms with Crippen LogP contribution in [0.3, 0.4) is 0 Å². The number of nitrogens with one attached hydrogen (secondary N) is 1. The number of carbonyl (C=O) groups is 1. The number of carbonyl (C=O) groups excluding carboxylic acids is 1. The number of unbranched alkanes of at least 4 members (excludes halogenated alkanes) is 7. The highest BCUT2D eigenvalue weighted by Crippen LogP contribution is 2.32. The van der Waals surface area contributed by atoms with E-state index in [-0.39, 0.29) is 5.91 Å². The van der Waals surface area contributed by atoms with Gasteiger partial charge in [-0.3, -0.25) is 9.69 Å². The van der Waals surface area contributed by atoms with E-state index in [1.165, 1.54) is 87.8 Å². The van der Waals surface area contributed by atoms with Crippen LogP contribution in [0.5, 0.6) is 0 Å². The van der Waals surface area contributed by atoms with Crippen LogP contribution in [0.15, 0.2) is 48.5 Å². The van der Waals surface area contributed by atoms with E-state index in [2.05, 4.69) is 91.3 Å². The minimum absolute atomic E-state index is 0.132. The topological polar surface area (TPSA) is 35.6 Å². The van der Waals surface area contributed by atoms with E-state index in [0.717, 1.165) is 24.5 Å². The number of nitrogens with zero attached hydrogens (tertiary/aromatic N) is 2. The lowest BCUT2D eigenvalue weighted by Crippen LogP contribution is -2.46. The van der Waals surface area contributed by atoms with Gasteiger partial charge >= 0.3 is 0 Å². The van der Waals surface area contributed by atoms with E-state index in [1.807, 2.05) is 0 Å². The van der Waals surface area contributed by atoms with E-state index in [9.17, 15) is 4.79 Å². The normalized spacial score (nSPS) is 14.4. The summed E-state index contributed by atoms with van der Waals surface area (Å²) in [5.41, 5.74) is 4.88. The van der Waals surface area contributed by atoms with Crippen LogP contribution in [-0.2, 0) is 4.79 Å². The van der Waals surface area contributed by atoms with Gasteiger partial charge in [0.15, 0.2) is 0 Å². The van der Waals surface area contributed by atoms with E-state index in [1.54, 1.807) is 11.8 Å². The number of para-hydroxylation sites is 2. The standard InChI is InChI=1S/C34H53N3OS/c1-28(2)31-19-16-20-32(29(3)4)34(31)35-33(38)27-39-26-15-10-8-6-5-7-9-14-21-36-22-24-37(25-23-36)30-17-12-11-13-18-30/h11-13,16-20,28-29H,5-10,14-15,21-27H2,1-4H3,(H,35,38).